The molecule has 21 heavy (non-hydrogen) atoms. The fourth-order valence-corrected chi connectivity index (χ4v) is 3.58. The number of sulfonamides is 1. The summed E-state index contributed by atoms with van der Waals surface area (Å²) in [5.41, 5.74) is -0.710. The lowest BCUT2D eigenvalue weighted by Crippen LogP contribution is -2.46. The van der Waals surface area contributed by atoms with E-state index in [-0.39, 0.29) is 17.3 Å². The topological polar surface area (TPSA) is 84.9 Å². The van der Waals surface area contributed by atoms with E-state index < -0.39 is 15.6 Å². The highest BCUT2D eigenvalue weighted by Gasteiger charge is 2.30. The Balaban J connectivity index is 3.19. The van der Waals surface area contributed by atoms with Crippen molar-refractivity contribution >= 4 is 10.0 Å². The predicted molar refractivity (Wildman–Crippen MR) is 80.3 cm³/mol. The van der Waals surface area contributed by atoms with Gasteiger partial charge in [0.05, 0.1) is 14.2 Å². The zero-order chi connectivity index (χ0) is 16.1. The van der Waals surface area contributed by atoms with E-state index in [0.717, 1.165) is 0 Å². The first kappa shape index (κ1) is 17.7. The Morgan fingerprint density at radius 3 is 2.43 bits per heavy atom. The van der Waals surface area contributed by atoms with E-state index in [1.54, 1.807) is 13.0 Å². The van der Waals surface area contributed by atoms with Gasteiger partial charge in [-0.15, -0.1) is 0 Å². The van der Waals surface area contributed by atoms with Gasteiger partial charge in [-0.3, -0.25) is 0 Å². The third kappa shape index (κ3) is 4.33. The maximum Gasteiger partial charge on any atom is 0.244 e. The number of methoxy groups -OCH3 is 2. The normalized spacial score (nSPS) is 14.5. The van der Waals surface area contributed by atoms with Crippen LogP contribution in [0.4, 0.5) is 0 Å². The smallest absolute Gasteiger partial charge is 0.244 e. The summed E-state index contributed by atoms with van der Waals surface area (Å²) in [6.45, 7) is 3.53. The molecule has 0 fully saturated rings. The monoisotopic (exact) mass is 317 g/mol. The third-order valence-corrected chi connectivity index (χ3v) is 5.16. The summed E-state index contributed by atoms with van der Waals surface area (Å²) in [6, 6.07) is 4.52. The molecule has 0 heterocycles. The van der Waals surface area contributed by atoms with Crippen LogP contribution in [0.3, 0.4) is 0 Å². The van der Waals surface area contributed by atoms with Gasteiger partial charge in [-0.05, 0) is 31.9 Å². The van der Waals surface area contributed by atoms with Crippen molar-refractivity contribution in [2.24, 2.45) is 0 Å². The number of aliphatic hydroxyl groups is 1. The maximum atomic E-state index is 12.5. The van der Waals surface area contributed by atoms with Gasteiger partial charge in [0.15, 0.2) is 0 Å². The molecule has 0 bridgehead atoms. The van der Waals surface area contributed by atoms with Crippen molar-refractivity contribution in [2.45, 2.75) is 37.1 Å². The fraction of sp³-hybridized carbons (Fsp3) is 0.571. The first-order valence-corrected chi connectivity index (χ1v) is 8.17. The van der Waals surface area contributed by atoms with Gasteiger partial charge in [-0.25, -0.2) is 13.1 Å². The van der Waals surface area contributed by atoms with Crippen LogP contribution in [-0.2, 0) is 10.0 Å². The molecule has 6 nitrogen and oxygen atoms in total. The second-order valence-electron chi connectivity index (χ2n) is 5.01. The lowest BCUT2D eigenvalue weighted by Gasteiger charge is -2.28. The van der Waals surface area contributed by atoms with Gasteiger partial charge >= 0.3 is 0 Å². The van der Waals surface area contributed by atoms with E-state index in [1.807, 2.05) is 6.92 Å². The number of ether oxygens (including phenoxy) is 2. The molecule has 7 heteroatoms. The van der Waals surface area contributed by atoms with Gasteiger partial charge in [-0.2, -0.15) is 0 Å². The first-order valence-electron chi connectivity index (χ1n) is 6.68. The highest BCUT2D eigenvalue weighted by Crippen LogP contribution is 2.29. The highest BCUT2D eigenvalue weighted by atomic mass is 32.2. The summed E-state index contributed by atoms with van der Waals surface area (Å²) in [5, 5.41) is 9.09. The van der Waals surface area contributed by atoms with Crippen LogP contribution < -0.4 is 14.2 Å². The summed E-state index contributed by atoms with van der Waals surface area (Å²) in [5.74, 6) is 0.726. The summed E-state index contributed by atoms with van der Waals surface area (Å²) in [6.07, 6.45) is 0.895. The van der Waals surface area contributed by atoms with Gasteiger partial charge < -0.3 is 14.6 Å². The molecule has 1 rings (SSSR count). The SMILES string of the molecule is CCC(C)(CCO)NS(=O)(=O)c1ccc(OC)cc1OC. The first-order chi connectivity index (χ1) is 9.81. The van der Waals surface area contributed by atoms with Crippen LogP contribution >= 0.6 is 0 Å². The van der Waals surface area contributed by atoms with Crippen LogP contribution in [0.15, 0.2) is 23.1 Å². The molecule has 0 saturated heterocycles. The van der Waals surface area contributed by atoms with E-state index in [9.17, 15) is 8.42 Å². The van der Waals surface area contributed by atoms with Crippen LogP contribution in [0.1, 0.15) is 26.7 Å². The molecular weight excluding hydrogens is 294 g/mol. The Morgan fingerprint density at radius 1 is 1.29 bits per heavy atom. The largest absolute Gasteiger partial charge is 0.497 e. The molecule has 0 amide bonds. The van der Waals surface area contributed by atoms with Crippen LogP contribution in [-0.4, -0.2) is 39.9 Å². The van der Waals surface area contributed by atoms with Crippen molar-refractivity contribution in [3.63, 3.8) is 0 Å². The van der Waals surface area contributed by atoms with E-state index in [4.69, 9.17) is 14.6 Å². The fourth-order valence-electron chi connectivity index (χ4n) is 1.92. The second-order valence-corrected chi connectivity index (χ2v) is 6.66. The molecule has 1 aromatic carbocycles. The molecule has 0 spiro atoms. The standard InChI is InChI=1S/C14H23NO5S/c1-5-14(2,8-9-16)15-21(17,18)13-7-6-11(19-3)10-12(13)20-4/h6-7,10,15-16H,5,8-9H2,1-4H3. The average Bonchev–Trinajstić information content (AvgIpc) is 2.46. The Bertz CT molecular complexity index is 573. The lowest BCUT2D eigenvalue weighted by atomic mass is 9.97. The molecule has 120 valence electrons. The molecular formula is C14H23NO5S. The van der Waals surface area contributed by atoms with Crippen molar-refractivity contribution in [2.75, 3.05) is 20.8 Å². The van der Waals surface area contributed by atoms with E-state index >= 15 is 0 Å². The van der Waals surface area contributed by atoms with Gasteiger partial charge in [0, 0.05) is 18.2 Å². The number of aliphatic hydroxyl groups excluding tert-OH is 1. The summed E-state index contributed by atoms with van der Waals surface area (Å²) in [4.78, 5) is 0.0448. The van der Waals surface area contributed by atoms with Gasteiger partial charge in [0.2, 0.25) is 10.0 Å². The average molecular weight is 317 g/mol. The van der Waals surface area contributed by atoms with Gasteiger partial charge in [-0.1, -0.05) is 6.92 Å². The van der Waals surface area contributed by atoms with Crippen molar-refractivity contribution in [1.82, 2.24) is 4.72 Å². The quantitative estimate of drug-likeness (QED) is 0.759. The molecule has 0 saturated carbocycles. The highest BCUT2D eigenvalue weighted by molar-refractivity contribution is 7.89. The minimum atomic E-state index is -3.76. The lowest BCUT2D eigenvalue weighted by molar-refractivity contribution is 0.233. The van der Waals surface area contributed by atoms with Crippen molar-refractivity contribution in [1.29, 1.82) is 0 Å². The molecule has 0 aliphatic rings. The molecule has 1 atom stereocenters. The number of rotatable bonds is 8. The van der Waals surface area contributed by atoms with E-state index in [1.165, 1.54) is 26.4 Å². The maximum absolute atomic E-state index is 12.5. The van der Waals surface area contributed by atoms with Crippen LogP contribution in [0.2, 0.25) is 0 Å². The van der Waals surface area contributed by atoms with Gasteiger partial charge in [0.25, 0.3) is 0 Å². The minimum Gasteiger partial charge on any atom is -0.497 e. The number of benzene rings is 1. The second kappa shape index (κ2) is 7.11. The summed E-state index contributed by atoms with van der Waals surface area (Å²) in [7, 11) is -0.862. The van der Waals surface area contributed by atoms with Crippen LogP contribution in [0, 0.1) is 0 Å². The Morgan fingerprint density at radius 2 is 1.95 bits per heavy atom. The number of nitrogens with one attached hydrogen (secondary N) is 1. The van der Waals surface area contributed by atoms with Crippen LogP contribution in [0.5, 0.6) is 11.5 Å². The zero-order valence-corrected chi connectivity index (χ0v) is 13.7. The molecule has 0 aliphatic heterocycles. The van der Waals surface area contributed by atoms with Crippen molar-refractivity contribution in [3.05, 3.63) is 18.2 Å². The third-order valence-electron chi connectivity index (χ3n) is 3.48. The summed E-state index contributed by atoms with van der Waals surface area (Å²) >= 11 is 0. The van der Waals surface area contributed by atoms with E-state index in [0.29, 0.717) is 18.6 Å². The molecule has 0 aromatic heterocycles. The molecule has 2 N–H and O–H groups in total. The minimum absolute atomic E-state index is 0.0448. The Hall–Kier alpha value is -1.31. The molecule has 1 unspecified atom stereocenters. The summed E-state index contributed by atoms with van der Waals surface area (Å²) < 4.78 is 37.9. The van der Waals surface area contributed by atoms with Crippen molar-refractivity contribution in [3.8, 4) is 11.5 Å². The van der Waals surface area contributed by atoms with Crippen LogP contribution in [0.25, 0.3) is 0 Å². The Labute approximate surface area is 126 Å². The van der Waals surface area contributed by atoms with E-state index in [2.05, 4.69) is 4.72 Å². The molecule has 0 radical (unpaired) electrons. The molecule has 1 aromatic rings. The molecule has 0 aliphatic carbocycles. The number of hydrogen-bond acceptors (Lipinski definition) is 5. The zero-order valence-electron chi connectivity index (χ0n) is 12.8. The predicted octanol–water partition coefficient (Wildman–Crippen LogP) is 1.53. The van der Waals surface area contributed by atoms with Crippen molar-refractivity contribution < 1.29 is 23.0 Å². The Kier molecular flexibility index (Phi) is 6.00. The number of hydrogen-bond donors (Lipinski definition) is 2. The van der Waals surface area contributed by atoms with Gasteiger partial charge in [0.1, 0.15) is 16.4 Å².